The lowest BCUT2D eigenvalue weighted by Gasteiger charge is -2.27. The van der Waals surface area contributed by atoms with E-state index in [9.17, 15) is 0 Å². The Kier molecular flexibility index (Phi) is 6.10. The molecule has 0 radical (unpaired) electrons. The summed E-state index contributed by atoms with van der Waals surface area (Å²) in [7, 11) is 5.22. The van der Waals surface area contributed by atoms with Crippen molar-refractivity contribution in [3.05, 3.63) is 79.0 Å². The highest BCUT2D eigenvalue weighted by atomic mass is 16.5. The molecule has 0 saturated heterocycles. The summed E-state index contributed by atoms with van der Waals surface area (Å²) < 4.78 is 15.1. The van der Waals surface area contributed by atoms with E-state index in [-0.39, 0.29) is 0 Å². The number of benzene rings is 2. The Labute approximate surface area is 204 Å². The van der Waals surface area contributed by atoms with Crippen LogP contribution in [0.15, 0.2) is 73.3 Å². The molecule has 0 saturated carbocycles. The lowest BCUT2D eigenvalue weighted by atomic mass is 10.2. The molecule has 8 heteroatoms. The van der Waals surface area contributed by atoms with Crippen molar-refractivity contribution in [3.63, 3.8) is 0 Å². The standard InChI is InChI=1S/C27H28N6O2/c1-19-6-5-9-32(19)10-11-33(22-12-23(34-3)15-24(13-22)35-4)21-7-8-25-26(14-21)30-27(17-28-25)20-16-29-31(2)18-20/h5-9,12-18H,10-11H2,1-4H3. The molecule has 3 heterocycles. The molecule has 0 fully saturated rings. The lowest BCUT2D eigenvalue weighted by Crippen LogP contribution is -2.23. The van der Waals surface area contributed by atoms with Gasteiger partial charge in [-0.3, -0.25) is 9.67 Å². The maximum absolute atomic E-state index is 5.55. The SMILES string of the molecule is COc1cc(OC)cc(N(CCn2cccc2C)c2ccc3ncc(-c4cnn(C)c4)nc3c2)c1. The number of ether oxygens (including phenoxy) is 2. The van der Waals surface area contributed by atoms with E-state index in [2.05, 4.69) is 56.9 Å². The van der Waals surface area contributed by atoms with Crippen LogP contribution in [0.5, 0.6) is 11.5 Å². The largest absolute Gasteiger partial charge is 0.497 e. The zero-order chi connectivity index (χ0) is 24.4. The van der Waals surface area contributed by atoms with Gasteiger partial charge < -0.3 is 18.9 Å². The second kappa shape index (κ2) is 9.50. The highest BCUT2D eigenvalue weighted by Crippen LogP contribution is 2.34. The number of nitrogens with zero attached hydrogens (tertiary/aromatic N) is 6. The van der Waals surface area contributed by atoms with Crippen molar-refractivity contribution in [1.82, 2.24) is 24.3 Å². The third kappa shape index (κ3) is 4.68. The number of hydrogen-bond donors (Lipinski definition) is 0. The van der Waals surface area contributed by atoms with Gasteiger partial charge in [0, 0.05) is 73.4 Å². The fraction of sp³-hybridized carbons (Fsp3) is 0.222. The molecule has 0 aliphatic heterocycles. The van der Waals surface area contributed by atoms with Crippen LogP contribution in [0.1, 0.15) is 5.69 Å². The van der Waals surface area contributed by atoms with E-state index in [1.807, 2.05) is 37.5 Å². The summed E-state index contributed by atoms with van der Waals surface area (Å²) in [6.45, 7) is 3.68. The van der Waals surface area contributed by atoms with Crippen LogP contribution >= 0.6 is 0 Å². The Morgan fingerprint density at radius 3 is 2.37 bits per heavy atom. The third-order valence-corrected chi connectivity index (χ3v) is 6.11. The van der Waals surface area contributed by atoms with E-state index < -0.39 is 0 Å². The van der Waals surface area contributed by atoms with Crippen molar-refractivity contribution in [1.29, 1.82) is 0 Å². The molecule has 5 rings (SSSR count). The minimum absolute atomic E-state index is 0.737. The molecule has 0 atom stereocenters. The second-order valence-electron chi connectivity index (χ2n) is 8.40. The molecule has 0 unspecified atom stereocenters. The van der Waals surface area contributed by atoms with Crippen molar-refractivity contribution in [3.8, 4) is 22.8 Å². The first kappa shape index (κ1) is 22.5. The third-order valence-electron chi connectivity index (χ3n) is 6.11. The minimum atomic E-state index is 0.737. The normalized spacial score (nSPS) is 11.1. The first-order valence-electron chi connectivity index (χ1n) is 11.4. The Morgan fingerprint density at radius 2 is 1.71 bits per heavy atom. The average molecular weight is 469 g/mol. The van der Waals surface area contributed by atoms with Gasteiger partial charge in [-0.15, -0.1) is 0 Å². The molecule has 8 nitrogen and oxygen atoms in total. The van der Waals surface area contributed by atoms with Crippen LogP contribution in [-0.2, 0) is 13.6 Å². The van der Waals surface area contributed by atoms with Gasteiger partial charge in [0.25, 0.3) is 0 Å². The molecular formula is C27H28N6O2. The number of aryl methyl sites for hydroxylation is 2. The number of methoxy groups -OCH3 is 2. The Hall–Kier alpha value is -4.33. The first-order valence-corrected chi connectivity index (χ1v) is 11.4. The number of aromatic nitrogens is 5. The molecule has 0 N–H and O–H groups in total. The molecule has 0 aliphatic rings. The topological polar surface area (TPSA) is 70.2 Å². The van der Waals surface area contributed by atoms with E-state index in [0.717, 1.165) is 58.3 Å². The quantitative estimate of drug-likeness (QED) is 0.319. The summed E-state index contributed by atoms with van der Waals surface area (Å²) in [5, 5.41) is 4.26. The van der Waals surface area contributed by atoms with Gasteiger partial charge >= 0.3 is 0 Å². The smallest absolute Gasteiger partial charge is 0.124 e. The van der Waals surface area contributed by atoms with Crippen molar-refractivity contribution in [2.24, 2.45) is 7.05 Å². The van der Waals surface area contributed by atoms with Gasteiger partial charge in [-0.05, 0) is 37.3 Å². The second-order valence-corrected chi connectivity index (χ2v) is 8.40. The van der Waals surface area contributed by atoms with E-state index in [0.29, 0.717) is 0 Å². The van der Waals surface area contributed by atoms with E-state index in [1.54, 1.807) is 31.3 Å². The number of hydrogen-bond acceptors (Lipinski definition) is 6. The van der Waals surface area contributed by atoms with Gasteiger partial charge in [-0.2, -0.15) is 5.10 Å². The number of anilines is 2. The van der Waals surface area contributed by atoms with Crippen LogP contribution in [0.2, 0.25) is 0 Å². The van der Waals surface area contributed by atoms with Crippen LogP contribution in [0, 0.1) is 6.92 Å². The van der Waals surface area contributed by atoms with Crippen molar-refractivity contribution in [2.45, 2.75) is 13.5 Å². The van der Waals surface area contributed by atoms with E-state index in [1.165, 1.54) is 5.69 Å². The molecule has 178 valence electrons. The molecular weight excluding hydrogens is 440 g/mol. The molecule has 0 amide bonds. The molecule has 3 aromatic heterocycles. The van der Waals surface area contributed by atoms with Gasteiger partial charge in [-0.25, -0.2) is 4.98 Å². The molecule has 5 aromatic rings. The maximum atomic E-state index is 5.55. The molecule has 2 aromatic carbocycles. The van der Waals surface area contributed by atoms with Crippen molar-refractivity contribution >= 4 is 22.4 Å². The first-order chi connectivity index (χ1) is 17.0. The number of fused-ring (bicyclic) bond motifs is 1. The Bertz CT molecular complexity index is 1450. The summed E-state index contributed by atoms with van der Waals surface area (Å²) in [5.74, 6) is 1.47. The van der Waals surface area contributed by atoms with Crippen LogP contribution in [0.3, 0.4) is 0 Å². The Balaban J connectivity index is 1.57. The minimum Gasteiger partial charge on any atom is -0.497 e. The maximum Gasteiger partial charge on any atom is 0.124 e. The van der Waals surface area contributed by atoms with E-state index >= 15 is 0 Å². The van der Waals surface area contributed by atoms with Gasteiger partial charge in [0.1, 0.15) is 11.5 Å². The predicted octanol–water partition coefficient (Wildman–Crippen LogP) is 5.00. The summed E-state index contributed by atoms with van der Waals surface area (Å²) >= 11 is 0. The van der Waals surface area contributed by atoms with Crippen molar-refractivity contribution in [2.75, 3.05) is 25.7 Å². The van der Waals surface area contributed by atoms with Crippen molar-refractivity contribution < 1.29 is 9.47 Å². The van der Waals surface area contributed by atoms with Gasteiger partial charge in [0.05, 0.1) is 43.3 Å². The fourth-order valence-electron chi connectivity index (χ4n) is 4.17. The monoisotopic (exact) mass is 468 g/mol. The molecule has 0 bridgehead atoms. The average Bonchev–Trinajstić information content (AvgIpc) is 3.51. The zero-order valence-electron chi connectivity index (χ0n) is 20.3. The summed E-state index contributed by atoms with van der Waals surface area (Å²) in [6, 6.07) is 16.3. The van der Waals surface area contributed by atoms with Gasteiger partial charge in [0.15, 0.2) is 0 Å². The lowest BCUT2D eigenvalue weighted by molar-refractivity contribution is 0.394. The Morgan fingerprint density at radius 1 is 0.914 bits per heavy atom. The molecule has 0 spiro atoms. The highest BCUT2D eigenvalue weighted by Gasteiger charge is 2.15. The fourth-order valence-corrected chi connectivity index (χ4v) is 4.17. The van der Waals surface area contributed by atoms with E-state index in [4.69, 9.17) is 14.5 Å². The zero-order valence-corrected chi connectivity index (χ0v) is 20.3. The molecule has 35 heavy (non-hydrogen) atoms. The van der Waals surface area contributed by atoms with Gasteiger partial charge in [0.2, 0.25) is 0 Å². The predicted molar refractivity (Wildman–Crippen MR) is 137 cm³/mol. The summed E-state index contributed by atoms with van der Waals surface area (Å²) in [4.78, 5) is 11.8. The summed E-state index contributed by atoms with van der Waals surface area (Å²) in [5.41, 5.74) is 6.59. The van der Waals surface area contributed by atoms with Crippen LogP contribution in [0.4, 0.5) is 11.4 Å². The van der Waals surface area contributed by atoms with Crippen LogP contribution in [-0.4, -0.2) is 45.1 Å². The summed E-state index contributed by atoms with van der Waals surface area (Å²) in [6.07, 6.45) is 7.63. The van der Waals surface area contributed by atoms with Gasteiger partial charge in [-0.1, -0.05) is 0 Å². The van der Waals surface area contributed by atoms with Crippen LogP contribution in [0.25, 0.3) is 22.3 Å². The van der Waals surface area contributed by atoms with Crippen LogP contribution < -0.4 is 14.4 Å². The number of rotatable bonds is 8. The molecule has 0 aliphatic carbocycles. The highest BCUT2D eigenvalue weighted by molar-refractivity contribution is 5.82.